The predicted octanol–water partition coefficient (Wildman–Crippen LogP) is 2.60. The molecule has 4 nitrogen and oxygen atoms in total. The van der Waals surface area contributed by atoms with E-state index in [0.717, 1.165) is 5.56 Å². The smallest absolute Gasteiger partial charge is 0.414 e. The summed E-state index contributed by atoms with van der Waals surface area (Å²) in [6, 6.07) is 11.4. The van der Waals surface area contributed by atoms with Crippen LogP contribution in [0.5, 0.6) is 0 Å². The molecule has 0 fully saturated rings. The maximum atomic E-state index is 11.7. The summed E-state index contributed by atoms with van der Waals surface area (Å²) in [7, 11) is 0. The minimum Gasteiger partial charge on any atom is -0.444 e. The van der Waals surface area contributed by atoms with Crippen molar-refractivity contribution in [1.82, 2.24) is 4.90 Å². The van der Waals surface area contributed by atoms with E-state index < -0.39 is 6.09 Å². The van der Waals surface area contributed by atoms with E-state index in [1.807, 2.05) is 36.4 Å². The van der Waals surface area contributed by atoms with Gasteiger partial charge in [-0.05, 0) is 11.6 Å². The van der Waals surface area contributed by atoms with E-state index in [1.165, 1.54) is 11.1 Å². The molecule has 18 heavy (non-hydrogen) atoms. The summed E-state index contributed by atoms with van der Waals surface area (Å²) >= 11 is 0. The second-order valence-electron chi connectivity index (χ2n) is 3.79. The van der Waals surface area contributed by atoms with E-state index in [0.29, 0.717) is 12.1 Å². The average Bonchev–Trinajstić information content (AvgIpc) is 2.46. The number of benzene rings is 1. The first-order valence-corrected chi connectivity index (χ1v) is 5.55. The lowest BCUT2D eigenvalue weighted by atomic mass is 10.2. The summed E-state index contributed by atoms with van der Waals surface area (Å²) in [6.07, 6.45) is 4.48. The number of hydrogen-bond donors (Lipinski definition) is 0. The van der Waals surface area contributed by atoms with Crippen molar-refractivity contribution in [2.24, 2.45) is 0 Å². The van der Waals surface area contributed by atoms with Gasteiger partial charge in [0.15, 0.2) is 0 Å². The van der Waals surface area contributed by atoms with Gasteiger partial charge in [-0.25, -0.2) is 4.79 Å². The van der Waals surface area contributed by atoms with E-state index in [-0.39, 0.29) is 6.61 Å². The molecule has 90 valence electrons. The topological polar surface area (TPSA) is 53.3 Å². The summed E-state index contributed by atoms with van der Waals surface area (Å²) in [5.41, 5.74) is 1.38. The quantitative estimate of drug-likeness (QED) is 0.798. The predicted molar refractivity (Wildman–Crippen MR) is 66.2 cm³/mol. The van der Waals surface area contributed by atoms with Crippen LogP contribution in [0.25, 0.3) is 0 Å². The highest BCUT2D eigenvalue weighted by molar-refractivity contribution is 5.70. The molecule has 0 atom stereocenters. The number of hydrogen-bond acceptors (Lipinski definition) is 3. The highest BCUT2D eigenvalue weighted by Crippen LogP contribution is 2.09. The van der Waals surface area contributed by atoms with Gasteiger partial charge in [-0.3, -0.25) is 4.90 Å². The molecule has 0 N–H and O–H groups in total. The van der Waals surface area contributed by atoms with E-state index >= 15 is 0 Å². The maximum absolute atomic E-state index is 11.7. The number of carbonyl (C=O) groups excluding carboxylic acids is 1. The SMILES string of the molecule is N#CC1=CN(C(=O)OCc2ccccc2)CC=C1. The van der Waals surface area contributed by atoms with Gasteiger partial charge in [-0.15, -0.1) is 0 Å². The van der Waals surface area contributed by atoms with Crippen LogP contribution >= 0.6 is 0 Å². The van der Waals surface area contributed by atoms with Crippen LogP contribution in [0, 0.1) is 11.3 Å². The van der Waals surface area contributed by atoms with Gasteiger partial charge in [-0.2, -0.15) is 5.26 Å². The van der Waals surface area contributed by atoms with Crippen molar-refractivity contribution in [1.29, 1.82) is 5.26 Å². The number of allylic oxidation sites excluding steroid dienone is 2. The molecular weight excluding hydrogens is 228 g/mol. The third-order valence-corrected chi connectivity index (χ3v) is 2.46. The molecule has 4 heteroatoms. The zero-order chi connectivity index (χ0) is 12.8. The van der Waals surface area contributed by atoms with Crippen molar-refractivity contribution in [2.45, 2.75) is 6.61 Å². The van der Waals surface area contributed by atoms with Gasteiger partial charge in [0.05, 0.1) is 5.57 Å². The molecule has 0 aromatic heterocycles. The highest BCUT2D eigenvalue weighted by atomic mass is 16.6. The monoisotopic (exact) mass is 240 g/mol. The fraction of sp³-hybridized carbons (Fsp3) is 0.143. The van der Waals surface area contributed by atoms with Crippen LogP contribution < -0.4 is 0 Å². The van der Waals surface area contributed by atoms with Gasteiger partial charge in [0, 0.05) is 12.7 Å². The van der Waals surface area contributed by atoms with Gasteiger partial charge >= 0.3 is 6.09 Å². The summed E-state index contributed by atoms with van der Waals surface area (Å²) < 4.78 is 5.16. The summed E-state index contributed by atoms with van der Waals surface area (Å²) in [5.74, 6) is 0. The molecule has 0 radical (unpaired) electrons. The third-order valence-electron chi connectivity index (χ3n) is 2.46. The minimum atomic E-state index is -0.448. The first-order chi connectivity index (χ1) is 8.79. The zero-order valence-corrected chi connectivity index (χ0v) is 9.74. The number of carbonyl (C=O) groups is 1. The van der Waals surface area contributed by atoms with Gasteiger partial charge in [0.1, 0.15) is 12.7 Å². The summed E-state index contributed by atoms with van der Waals surface area (Å²) in [6.45, 7) is 0.661. The molecule has 0 spiro atoms. The lowest BCUT2D eigenvalue weighted by Crippen LogP contribution is -2.28. The summed E-state index contributed by atoms with van der Waals surface area (Å²) in [4.78, 5) is 13.1. The Bertz CT molecular complexity index is 526. The molecule has 0 saturated heterocycles. The molecule has 1 heterocycles. The lowest BCUT2D eigenvalue weighted by molar-refractivity contribution is 0.113. The van der Waals surface area contributed by atoms with Crippen LogP contribution in [-0.2, 0) is 11.3 Å². The van der Waals surface area contributed by atoms with Gasteiger partial charge in [0.2, 0.25) is 0 Å². The molecule has 0 unspecified atom stereocenters. The Labute approximate surface area is 105 Å². The Hall–Kier alpha value is -2.54. The molecule has 0 saturated carbocycles. The second-order valence-corrected chi connectivity index (χ2v) is 3.79. The van der Waals surface area contributed by atoms with Crippen molar-refractivity contribution in [3.05, 3.63) is 59.8 Å². The van der Waals surface area contributed by atoms with Crippen LogP contribution in [0.3, 0.4) is 0 Å². The molecule has 2 rings (SSSR count). The third kappa shape index (κ3) is 2.98. The number of nitrogens with zero attached hydrogens (tertiary/aromatic N) is 2. The first kappa shape index (κ1) is 11.9. The van der Waals surface area contributed by atoms with Crippen LogP contribution in [0.15, 0.2) is 54.3 Å². The molecule has 1 amide bonds. The fourth-order valence-corrected chi connectivity index (χ4v) is 1.55. The van der Waals surface area contributed by atoms with Crippen LogP contribution in [0.2, 0.25) is 0 Å². The molecular formula is C14H12N2O2. The van der Waals surface area contributed by atoms with E-state index in [4.69, 9.17) is 10.00 Å². The number of ether oxygens (including phenoxy) is 1. The normalized spacial score (nSPS) is 13.7. The molecule has 1 aromatic rings. The van der Waals surface area contributed by atoms with Gasteiger partial charge in [-0.1, -0.05) is 36.4 Å². The first-order valence-electron chi connectivity index (χ1n) is 5.55. The number of rotatable bonds is 2. The Morgan fingerprint density at radius 1 is 1.39 bits per heavy atom. The fourth-order valence-electron chi connectivity index (χ4n) is 1.55. The Morgan fingerprint density at radius 2 is 2.17 bits per heavy atom. The Kier molecular flexibility index (Phi) is 3.77. The molecule has 0 aliphatic carbocycles. The maximum Gasteiger partial charge on any atom is 0.414 e. The Balaban J connectivity index is 1.92. The molecule has 1 aromatic carbocycles. The molecule has 1 aliphatic heterocycles. The Morgan fingerprint density at radius 3 is 2.89 bits per heavy atom. The molecule has 0 bridgehead atoms. The van der Waals surface area contributed by atoms with E-state index in [2.05, 4.69) is 0 Å². The minimum absolute atomic E-state index is 0.232. The number of amides is 1. The lowest BCUT2D eigenvalue weighted by Gasteiger charge is -2.18. The van der Waals surface area contributed by atoms with Crippen molar-refractivity contribution >= 4 is 6.09 Å². The van der Waals surface area contributed by atoms with Crippen LogP contribution in [0.4, 0.5) is 4.79 Å². The van der Waals surface area contributed by atoms with E-state index in [9.17, 15) is 4.79 Å². The zero-order valence-electron chi connectivity index (χ0n) is 9.74. The molecule has 1 aliphatic rings. The average molecular weight is 240 g/mol. The van der Waals surface area contributed by atoms with Crippen LogP contribution in [0.1, 0.15) is 5.56 Å². The van der Waals surface area contributed by atoms with Gasteiger partial charge < -0.3 is 4.74 Å². The van der Waals surface area contributed by atoms with E-state index in [1.54, 1.807) is 12.2 Å². The summed E-state index contributed by atoms with van der Waals surface area (Å²) in [5, 5.41) is 8.75. The van der Waals surface area contributed by atoms with Crippen LogP contribution in [-0.4, -0.2) is 17.5 Å². The number of nitriles is 1. The van der Waals surface area contributed by atoms with Crippen molar-refractivity contribution in [3.8, 4) is 6.07 Å². The highest BCUT2D eigenvalue weighted by Gasteiger charge is 2.14. The van der Waals surface area contributed by atoms with Gasteiger partial charge in [0.25, 0.3) is 0 Å². The standard InChI is InChI=1S/C14H12N2O2/c15-9-13-7-4-8-16(10-13)14(17)18-11-12-5-2-1-3-6-12/h1-7,10H,8,11H2. The van der Waals surface area contributed by atoms with Crippen molar-refractivity contribution in [2.75, 3.05) is 6.54 Å². The van der Waals surface area contributed by atoms with Crippen molar-refractivity contribution < 1.29 is 9.53 Å². The van der Waals surface area contributed by atoms with Crippen molar-refractivity contribution in [3.63, 3.8) is 0 Å². The second kappa shape index (κ2) is 5.69. The largest absolute Gasteiger partial charge is 0.444 e.